The molecule has 0 spiro atoms. The van der Waals surface area contributed by atoms with E-state index in [9.17, 15) is 13.5 Å². The summed E-state index contributed by atoms with van der Waals surface area (Å²) < 4.78 is 23.4. The van der Waals surface area contributed by atoms with Crippen LogP contribution in [0.1, 0.15) is 32.3 Å². The molecule has 17 heavy (non-hydrogen) atoms. The van der Waals surface area contributed by atoms with Gasteiger partial charge in [0.25, 0.3) is 0 Å². The second-order valence-electron chi connectivity index (χ2n) is 5.22. The van der Waals surface area contributed by atoms with Crippen LogP contribution >= 0.6 is 0 Å². The summed E-state index contributed by atoms with van der Waals surface area (Å²) in [6, 6.07) is 9.19. The van der Waals surface area contributed by atoms with Crippen LogP contribution in [0.25, 0.3) is 0 Å². The molecule has 4 heteroatoms. The highest BCUT2D eigenvalue weighted by Crippen LogP contribution is 2.50. The van der Waals surface area contributed by atoms with E-state index in [4.69, 9.17) is 0 Å². The minimum Gasteiger partial charge on any atom is -0.395 e. The largest absolute Gasteiger partial charge is 0.395 e. The van der Waals surface area contributed by atoms with E-state index >= 15 is 0 Å². The summed E-state index contributed by atoms with van der Waals surface area (Å²) in [5, 5.41) is 9.32. The molecule has 0 unspecified atom stereocenters. The Morgan fingerprint density at radius 3 is 2.18 bits per heavy atom. The van der Waals surface area contributed by atoms with Gasteiger partial charge in [0.2, 0.25) is 0 Å². The Balaban J connectivity index is 2.47. The lowest BCUT2D eigenvalue weighted by molar-refractivity contribution is 0.281. The quantitative estimate of drug-likeness (QED) is 0.892. The summed E-state index contributed by atoms with van der Waals surface area (Å²) in [5.41, 5.74) is 0.778. The fourth-order valence-corrected chi connectivity index (χ4v) is 4.53. The lowest BCUT2D eigenvalue weighted by atomic mass is 10.0. The van der Waals surface area contributed by atoms with Crippen LogP contribution in [-0.2, 0) is 14.6 Å². The highest BCUT2D eigenvalue weighted by molar-refractivity contribution is 7.94. The zero-order chi connectivity index (χ0) is 12.7. The Hall–Kier alpha value is -0.870. The molecule has 1 N–H and O–H groups in total. The van der Waals surface area contributed by atoms with Crippen molar-refractivity contribution in [2.75, 3.05) is 6.61 Å². The number of aliphatic hydroxyl groups excluding tert-OH is 1. The summed E-state index contributed by atoms with van der Waals surface area (Å²) in [5.74, 6) is 0. The molecule has 0 bridgehead atoms. The lowest BCUT2D eigenvalue weighted by Gasteiger charge is -2.30. The average molecular weight is 254 g/mol. The summed E-state index contributed by atoms with van der Waals surface area (Å²) in [4.78, 5) is 0. The third-order valence-electron chi connectivity index (χ3n) is 3.81. The Labute approximate surface area is 102 Å². The monoisotopic (exact) mass is 254 g/mol. The van der Waals surface area contributed by atoms with Crippen LogP contribution in [0.5, 0.6) is 0 Å². The van der Waals surface area contributed by atoms with E-state index in [1.165, 1.54) is 0 Å². The van der Waals surface area contributed by atoms with Gasteiger partial charge in [-0.2, -0.15) is 0 Å². The molecule has 0 radical (unpaired) electrons. The van der Waals surface area contributed by atoms with E-state index < -0.39 is 19.3 Å². The second-order valence-corrected chi connectivity index (χ2v) is 8.11. The standard InChI is InChI=1S/C13H18O3S/c1-12(2,11-6-4-3-5-7-11)17(15,16)13(10-14)8-9-13/h3-7,14H,8-10H2,1-2H3. The van der Waals surface area contributed by atoms with Crippen LogP contribution < -0.4 is 0 Å². The van der Waals surface area contributed by atoms with Crippen LogP contribution in [0.15, 0.2) is 30.3 Å². The predicted octanol–water partition coefficient (Wildman–Crippen LogP) is 1.86. The highest BCUT2D eigenvalue weighted by atomic mass is 32.2. The SMILES string of the molecule is CC(C)(c1ccccc1)S(=O)(=O)C1(CO)CC1. The van der Waals surface area contributed by atoms with Crippen molar-refractivity contribution in [3.8, 4) is 0 Å². The number of hydrogen-bond donors (Lipinski definition) is 1. The Kier molecular flexibility index (Phi) is 2.83. The average Bonchev–Trinajstić information content (AvgIpc) is 3.11. The van der Waals surface area contributed by atoms with Gasteiger partial charge in [0.05, 0.1) is 16.1 Å². The minimum absolute atomic E-state index is 0.272. The molecule has 1 aliphatic carbocycles. The maximum Gasteiger partial charge on any atom is 0.167 e. The number of hydrogen-bond acceptors (Lipinski definition) is 3. The molecule has 1 saturated carbocycles. The molecule has 0 aliphatic heterocycles. The number of rotatable bonds is 4. The van der Waals surface area contributed by atoms with Gasteiger partial charge in [-0.3, -0.25) is 0 Å². The van der Waals surface area contributed by atoms with Gasteiger partial charge in [0, 0.05) is 0 Å². The summed E-state index contributed by atoms with van der Waals surface area (Å²) >= 11 is 0. The highest BCUT2D eigenvalue weighted by Gasteiger charge is 2.59. The van der Waals surface area contributed by atoms with Gasteiger partial charge in [-0.15, -0.1) is 0 Å². The summed E-state index contributed by atoms with van der Waals surface area (Å²) in [7, 11) is -3.38. The molecule has 0 heterocycles. The second kappa shape index (κ2) is 3.82. The third kappa shape index (κ3) is 1.70. The van der Waals surface area contributed by atoms with Gasteiger partial charge < -0.3 is 5.11 Å². The smallest absolute Gasteiger partial charge is 0.167 e. The van der Waals surface area contributed by atoms with Gasteiger partial charge in [0.15, 0.2) is 9.84 Å². The fourth-order valence-electron chi connectivity index (χ4n) is 2.19. The number of benzene rings is 1. The van der Waals surface area contributed by atoms with Crippen molar-refractivity contribution < 1.29 is 13.5 Å². The van der Waals surface area contributed by atoms with E-state index in [0.717, 1.165) is 5.56 Å². The van der Waals surface area contributed by atoms with Crippen molar-refractivity contribution in [3.05, 3.63) is 35.9 Å². The normalized spacial score (nSPS) is 19.0. The molecule has 0 aromatic heterocycles. The van der Waals surface area contributed by atoms with Crippen LogP contribution in [0, 0.1) is 0 Å². The van der Waals surface area contributed by atoms with E-state index in [1.807, 2.05) is 30.3 Å². The molecule has 0 atom stereocenters. The van der Waals surface area contributed by atoms with Crippen molar-refractivity contribution in [2.24, 2.45) is 0 Å². The zero-order valence-electron chi connectivity index (χ0n) is 10.2. The van der Waals surface area contributed by atoms with E-state index in [0.29, 0.717) is 12.8 Å². The molecule has 0 saturated heterocycles. The van der Waals surface area contributed by atoms with Crippen LogP contribution in [-0.4, -0.2) is 24.9 Å². The molecule has 0 amide bonds. The maximum absolute atomic E-state index is 12.6. The van der Waals surface area contributed by atoms with Crippen LogP contribution in [0.3, 0.4) is 0 Å². The van der Waals surface area contributed by atoms with Crippen LogP contribution in [0.4, 0.5) is 0 Å². The number of aliphatic hydroxyl groups is 1. The minimum atomic E-state index is -3.38. The first-order chi connectivity index (χ1) is 7.87. The van der Waals surface area contributed by atoms with Gasteiger partial charge in [0.1, 0.15) is 0 Å². The van der Waals surface area contributed by atoms with Gasteiger partial charge >= 0.3 is 0 Å². The molecule has 1 aromatic rings. The predicted molar refractivity (Wildman–Crippen MR) is 67.4 cm³/mol. The molecule has 94 valence electrons. The van der Waals surface area contributed by atoms with Crippen molar-refractivity contribution in [1.82, 2.24) is 0 Å². The molecule has 2 rings (SSSR count). The molecular weight excluding hydrogens is 236 g/mol. The molecule has 3 nitrogen and oxygen atoms in total. The molecular formula is C13H18O3S. The number of sulfone groups is 1. The summed E-state index contributed by atoms with van der Waals surface area (Å²) in [6.45, 7) is 3.16. The topological polar surface area (TPSA) is 54.4 Å². The van der Waals surface area contributed by atoms with Gasteiger partial charge in [-0.05, 0) is 32.3 Å². The van der Waals surface area contributed by atoms with E-state index in [-0.39, 0.29) is 6.61 Å². The van der Waals surface area contributed by atoms with Crippen molar-refractivity contribution in [1.29, 1.82) is 0 Å². The van der Waals surface area contributed by atoms with Crippen molar-refractivity contribution in [3.63, 3.8) is 0 Å². The molecule has 1 aliphatic rings. The first-order valence-electron chi connectivity index (χ1n) is 5.78. The van der Waals surface area contributed by atoms with Crippen LogP contribution in [0.2, 0.25) is 0 Å². The molecule has 1 fully saturated rings. The Bertz CT molecular complexity index is 499. The maximum atomic E-state index is 12.6. The first-order valence-corrected chi connectivity index (χ1v) is 7.26. The Morgan fingerprint density at radius 2 is 1.76 bits per heavy atom. The fraction of sp³-hybridized carbons (Fsp3) is 0.538. The van der Waals surface area contributed by atoms with Gasteiger partial charge in [-0.1, -0.05) is 30.3 Å². The van der Waals surface area contributed by atoms with Crippen molar-refractivity contribution >= 4 is 9.84 Å². The third-order valence-corrected chi connectivity index (χ3v) is 7.06. The zero-order valence-corrected chi connectivity index (χ0v) is 11.0. The first kappa shape index (κ1) is 12.6. The van der Waals surface area contributed by atoms with Crippen molar-refractivity contribution in [2.45, 2.75) is 36.2 Å². The van der Waals surface area contributed by atoms with E-state index in [2.05, 4.69) is 0 Å². The van der Waals surface area contributed by atoms with E-state index in [1.54, 1.807) is 13.8 Å². The van der Waals surface area contributed by atoms with Gasteiger partial charge in [-0.25, -0.2) is 8.42 Å². The lowest BCUT2D eigenvalue weighted by Crippen LogP contribution is -2.41. The summed E-state index contributed by atoms with van der Waals surface area (Å²) in [6.07, 6.45) is 1.14. The Morgan fingerprint density at radius 1 is 1.24 bits per heavy atom. The molecule has 1 aromatic carbocycles.